The van der Waals surface area contributed by atoms with Crippen molar-refractivity contribution in [1.29, 1.82) is 0 Å². The molecule has 0 saturated heterocycles. The number of hydrogen-bond acceptors (Lipinski definition) is 4. The van der Waals surface area contributed by atoms with E-state index >= 15 is 0 Å². The number of nitrogens with two attached hydrogens (primary N) is 1. The molecule has 1 amide bonds. The third kappa shape index (κ3) is 8.21. The fourth-order valence-electron chi connectivity index (χ4n) is 1.91. The zero-order chi connectivity index (χ0) is 16.5. The Morgan fingerprint density at radius 2 is 2.09 bits per heavy atom. The van der Waals surface area contributed by atoms with Crippen LogP contribution in [0.4, 0.5) is 0 Å². The van der Waals surface area contributed by atoms with E-state index in [1.807, 2.05) is 52.2 Å². The number of halogens is 1. The molecule has 1 rings (SSSR count). The second kappa shape index (κ2) is 11.3. The summed E-state index contributed by atoms with van der Waals surface area (Å²) in [6.07, 6.45) is 0.893. The van der Waals surface area contributed by atoms with Crippen molar-refractivity contribution in [2.45, 2.75) is 32.9 Å². The van der Waals surface area contributed by atoms with Crippen LogP contribution in [0.1, 0.15) is 25.8 Å². The molecule has 132 valence electrons. The Balaban J connectivity index is 0.00000484. The first-order valence-electron chi connectivity index (χ1n) is 7.83. The van der Waals surface area contributed by atoms with E-state index in [1.165, 1.54) is 0 Å². The van der Waals surface area contributed by atoms with Crippen LogP contribution in [0.25, 0.3) is 0 Å². The molecule has 0 aliphatic rings. The van der Waals surface area contributed by atoms with Crippen molar-refractivity contribution in [2.24, 2.45) is 11.7 Å². The molecule has 1 aromatic rings. The molecule has 1 aromatic carbocycles. The standard InChI is InChI=1S/C17H29N3O2.ClH/c1-5-13(2)16(18)17(21)19-12-14-7-6-8-15(11-14)22-10-9-20(3)4;/h6-8,11,13,16H,5,9-10,12,18H2,1-4H3,(H,19,21);1H. The van der Waals surface area contributed by atoms with Gasteiger partial charge < -0.3 is 20.7 Å². The first-order valence-corrected chi connectivity index (χ1v) is 7.83. The summed E-state index contributed by atoms with van der Waals surface area (Å²) >= 11 is 0. The Morgan fingerprint density at radius 3 is 2.70 bits per heavy atom. The number of benzene rings is 1. The van der Waals surface area contributed by atoms with Crippen molar-refractivity contribution in [2.75, 3.05) is 27.2 Å². The number of nitrogens with one attached hydrogen (secondary N) is 1. The fraction of sp³-hybridized carbons (Fsp3) is 0.588. The van der Waals surface area contributed by atoms with Gasteiger partial charge in [0.2, 0.25) is 5.91 Å². The lowest BCUT2D eigenvalue weighted by atomic mass is 9.99. The maximum absolute atomic E-state index is 12.0. The quantitative estimate of drug-likeness (QED) is 0.720. The molecular formula is C17H30ClN3O2. The van der Waals surface area contributed by atoms with Gasteiger partial charge in [-0.1, -0.05) is 32.4 Å². The van der Waals surface area contributed by atoms with Crippen LogP contribution in [0, 0.1) is 5.92 Å². The van der Waals surface area contributed by atoms with E-state index in [0.29, 0.717) is 13.2 Å². The third-order valence-electron chi connectivity index (χ3n) is 3.73. The maximum atomic E-state index is 12.0. The van der Waals surface area contributed by atoms with E-state index in [4.69, 9.17) is 10.5 Å². The van der Waals surface area contributed by atoms with E-state index in [2.05, 4.69) is 10.2 Å². The van der Waals surface area contributed by atoms with Gasteiger partial charge in [0.1, 0.15) is 12.4 Å². The minimum Gasteiger partial charge on any atom is -0.492 e. The van der Waals surface area contributed by atoms with E-state index < -0.39 is 6.04 Å². The molecule has 0 spiro atoms. The number of likely N-dealkylation sites (N-methyl/N-ethyl adjacent to an activating group) is 1. The lowest BCUT2D eigenvalue weighted by Crippen LogP contribution is -2.44. The van der Waals surface area contributed by atoms with Gasteiger partial charge in [0.05, 0.1) is 6.04 Å². The average Bonchev–Trinajstić information content (AvgIpc) is 2.51. The van der Waals surface area contributed by atoms with Crippen LogP contribution in [0.3, 0.4) is 0 Å². The zero-order valence-corrected chi connectivity index (χ0v) is 15.4. The second-order valence-corrected chi connectivity index (χ2v) is 5.93. The number of carbonyl (C=O) groups excluding carboxylic acids is 1. The summed E-state index contributed by atoms with van der Waals surface area (Å²) in [5.41, 5.74) is 6.92. The number of hydrogen-bond donors (Lipinski definition) is 2. The van der Waals surface area contributed by atoms with Gasteiger partial charge in [-0.25, -0.2) is 0 Å². The molecule has 0 fully saturated rings. The predicted octanol–water partition coefficient (Wildman–Crippen LogP) is 2.04. The molecule has 0 aliphatic carbocycles. The zero-order valence-electron chi connectivity index (χ0n) is 14.5. The third-order valence-corrected chi connectivity index (χ3v) is 3.73. The van der Waals surface area contributed by atoms with Crippen LogP contribution < -0.4 is 15.8 Å². The normalized spacial score (nSPS) is 13.1. The second-order valence-electron chi connectivity index (χ2n) is 5.93. The summed E-state index contributed by atoms with van der Waals surface area (Å²) in [6.45, 7) is 6.00. The van der Waals surface area contributed by atoms with Crippen LogP contribution in [0.2, 0.25) is 0 Å². The Morgan fingerprint density at radius 1 is 1.39 bits per heavy atom. The molecule has 2 unspecified atom stereocenters. The number of ether oxygens (including phenoxy) is 1. The Hall–Kier alpha value is -1.30. The van der Waals surface area contributed by atoms with Crippen molar-refractivity contribution in [1.82, 2.24) is 10.2 Å². The summed E-state index contributed by atoms with van der Waals surface area (Å²) in [5, 5.41) is 2.89. The van der Waals surface area contributed by atoms with Crippen LogP contribution in [0.5, 0.6) is 5.75 Å². The summed E-state index contributed by atoms with van der Waals surface area (Å²) in [7, 11) is 4.02. The highest BCUT2D eigenvalue weighted by Gasteiger charge is 2.18. The fourth-order valence-corrected chi connectivity index (χ4v) is 1.91. The molecule has 23 heavy (non-hydrogen) atoms. The summed E-state index contributed by atoms with van der Waals surface area (Å²) < 4.78 is 5.69. The molecule has 5 nitrogen and oxygen atoms in total. The summed E-state index contributed by atoms with van der Waals surface area (Å²) in [6, 6.07) is 7.32. The lowest BCUT2D eigenvalue weighted by Gasteiger charge is -2.18. The topological polar surface area (TPSA) is 67.6 Å². The average molecular weight is 344 g/mol. The molecule has 0 aromatic heterocycles. The van der Waals surface area contributed by atoms with Gasteiger partial charge >= 0.3 is 0 Å². The van der Waals surface area contributed by atoms with Gasteiger partial charge in [0, 0.05) is 13.1 Å². The maximum Gasteiger partial charge on any atom is 0.237 e. The molecule has 6 heteroatoms. The highest BCUT2D eigenvalue weighted by molar-refractivity contribution is 5.85. The molecular weight excluding hydrogens is 314 g/mol. The van der Waals surface area contributed by atoms with Crippen molar-refractivity contribution in [3.63, 3.8) is 0 Å². The van der Waals surface area contributed by atoms with Gasteiger partial charge in [0.15, 0.2) is 0 Å². The molecule has 0 heterocycles. The van der Waals surface area contributed by atoms with E-state index in [9.17, 15) is 4.79 Å². The van der Waals surface area contributed by atoms with E-state index in [1.54, 1.807) is 0 Å². The predicted molar refractivity (Wildman–Crippen MR) is 97.0 cm³/mol. The molecule has 0 aliphatic heterocycles. The summed E-state index contributed by atoms with van der Waals surface area (Å²) in [4.78, 5) is 14.0. The Labute approximate surface area is 146 Å². The number of carbonyl (C=O) groups is 1. The number of amides is 1. The van der Waals surface area contributed by atoms with Crippen molar-refractivity contribution in [3.05, 3.63) is 29.8 Å². The van der Waals surface area contributed by atoms with Crippen LogP contribution >= 0.6 is 12.4 Å². The monoisotopic (exact) mass is 343 g/mol. The first kappa shape index (κ1) is 21.7. The van der Waals surface area contributed by atoms with Gasteiger partial charge in [-0.2, -0.15) is 0 Å². The highest BCUT2D eigenvalue weighted by Crippen LogP contribution is 2.13. The van der Waals surface area contributed by atoms with E-state index in [-0.39, 0.29) is 24.2 Å². The SMILES string of the molecule is CCC(C)C(N)C(=O)NCc1cccc(OCCN(C)C)c1.Cl. The highest BCUT2D eigenvalue weighted by atomic mass is 35.5. The van der Waals surface area contributed by atoms with Crippen molar-refractivity contribution < 1.29 is 9.53 Å². The Bertz CT molecular complexity index is 469. The van der Waals surface area contributed by atoms with Gasteiger partial charge in [-0.3, -0.25) is 4.79 Å². The molecule has 0 saturated carbocycles. The minimum absolute atomic E-state index is 0. The lowest BCUT2D eigenvalue weighted by molar-refractivity contribution is -0.123. The van der Waals surface area contributed by atoms with Crippen LogP contribution in [-0.4, -0.2) is 44.1 Å². The van der Waals surface area contributed by atoms with Gasteiger partial charge in [-0.15, -0.1) is 12.4 Å². The summed E-state index contributed by atoms with van der Waals surface area (Å²) in [5.74, 6) is 0.897. The largest absolute Gasteiger partial charge is 0.492 e. The molecule has 0 radical (unpaired) electrons. The Kier molecular flexibility index (Phi) is 10.6. The first-order chi connectivity index (χ1) is 10.4. The molecule has 3 N–H and O–H groups in total. The number of nitrogens with zero attached hydrogens (tertiary/aromatic N) is 1. The van der Waals surface area contributed by atoms with Crippen LogP contribution in [-0.2, 0) is 11.3 Å². The number of rotatable bonds is 9. The molecule has 2 atom stereocenters. The van der Waals surface area contributed by atoms with Crippen molar-refractivity contribution in [3.8, 4) is 5.75 Å². The van der Waals surface area contributed by atoms with Gasteiger partial charge in [0.25, 0.3) is 0 Å². The smallest absolute Gasteiger partial charge is 0.237 e. The minimum atomic E-state index is -0.454. The van der Waals surface area contributed by atoms with Gasteiger partial charge in [-0.05, 0) is 37.7 Å². The van der Waals surface area contributed by atoms with Crippen LogP contribution in [0.15, 0.2) is 24.3 Å². The van der Waals surface area contributed by atoms with Crippen molar-refractivity contribution >= 4 is 18.3 Å². The molecule has 0 bridgehead atoms. The van der Waals surface area contributed by atoms with E-state index in [0.717, 1.165) is 24.3 Å².